The van der Waals surface area contributed by atoms with Crippen LogP contribution in [0.25, 0.3) is 5.69 Å². The molecule has 0 fully saturated rings. The fourth-order valence-electron chi connectivity index (χ4n) is 4.65. The Balaban J connectivity index is 1.80. The average molecular weight is 436 g/mol. The number of aromatic nitrogens is 2. The number of nitrogens with zero attached hydrogens (tertiary/aromatic N) is 3. The quantitative estimate of drug-likeness (QED) is 0.624. The van der Waals surface area contributed by atoms with Crippen molar-refractivity contribution in [2.45, 2.75) is 32.2 Å². The summed E-state index contributed by atoms with van der Waals surface area (Å²) < 4.78 is 1.67. The smallest absolute Gasteiger partial charge is 0.323 e. The standard InChI is InChI=1S/C23H22ClN5O2/c1-3-4-13-28-22(31)26-20-19(14(2)27-29(20)16-11-9-15(24)10-12-16)23(28)17-7-5-6-8-18(17)25-21(23)30/h5-12H,3-4,13H2,1-2H3,(H,25,30)(H,26,31). The maximum atomic E-state index is 13.6. The number of aryl methyl sites for hydroxylation is 1. The Bertz CT molecular complexity index is 1200. The number of urea groups is 1. The second-order valence-electron chi connectivity index (χ2n) is 7.84. The van der Waals surface area contributed by atoms with Crippen LogP contribution in [0.2, 0.25) is 5.02 Å². The van der Waals surface area contributed by atoms with E-state index in [-0.39, 0.29) is 11.9 Å². The van der Waals surface area contributed by atoms with E-state index >= 15 is 0 Å². The molecule has 2 N–H and O–H groups in total. The number of hydrogen-bond acceptors (Lipinski definition) is 3. The molecule has 0 saturated heterocycles. The third-order valence-electron chi connectivity index (χ3n) is 6.00. The van der Waals surface area contributed by atoms with Crippen molar-refractivity contribution >= 4 is 35.0 Å². The van der Waals surface area contributed by atoms with E-state index in [1.807, 2.05) is 43.3 Å². The Labute approximate surface area is 185 Å². The van der Waals surface area contributed by atoms with Gasteiger partial charge in [0.25, 0.3) is 5.91 Å². The predicted octanol–water partition coefficient (Wildman–Crippen LogP) is 4.68. The van der Waals surface area contributed by atoms with E-state index in [2.05, 4.69) is 17.6 Å². The first kappa shape index (κ1) is 19.6. The first-order valence-electron chi connectivity index (χ1n) is 10.3. The highest BCUT2D eigenvalue weighted by molar-refractivity contribution is 6.30. The van der Waals surface area contributed by atoms with Gasteiger partial charge in [-0.3, -0.25) is 10.1 Å². The van der Waals surface area contributed by atoms with Gasteiger partial charge >= 0.3 is 6.03 Å². The second-order valence-corrected chi connectivity index (χ2v) is 8.28. The summed E-state index contributed by atoms with van der Waals surface area (Å²) >= 11 is 6.05. The molecule has 0 aliphatic carbocycles. The fraction of sp³-hybridized carbons (Fsp3) is 0.261. The van der Waals surface area contributed by atoms with Gasteiger partial charge in [0.05, 0.1) is 16.9 Å². The third kappa shape index (κ3) is 2.69. The summed E-state index contributed by atoms with van der Waals surface area (Å²) in [5.74, 6) is 0.268. The lowest BCUT2D eigenvalue weighted by Gasteiger charge is -2.43. The summed E-state index contributed by atoms with van der Waals surface area (Å²) in [7, 11) is 0. The highest BCUT2D eigenvalue weighted by atomic mass is 35.5. The van der Waals surface area contributed by atoms with Crippen molar-refractivity contribution in [1.82, 2.24) is 14.7 Å². The lowest BCUT2D eigenvalue weighted by Crippen LogP contribution is -2.59. The molecule has 2 aromatic carbocycles. The molecule has 3 heterocycles. The van der Waals surface area contributed by atoms with Crippen LogP contribution in [-0.4, -0.2) is 33.2 Å². The number of carbonyl (C=O) groups is 2. The second kappa shape index (κ2) is 7.13. The maximum Gasteiger partial charge on any atom is 0.324 e. The zero-order valence-electron chi connectivity index (χ0n) is 17.3. The van der Waals surface area contributed by atoms with E-state index in [1.54, 1.807) is 21.7 Å². The molecule has 8 heteroatoms. The van der Waals surface area contributed by atoms with Gasteiger partial charge < -0.3 is 10.2 Å². The molecule has 158 valence electrons. The van der Waals surface area contributed by atoms with E-state index in [9.17, 15) is 9.59 Å². The third-order valence-corrected chi connectivity index (χ3v) is 6.25. The average Bonchev–Trinajstić information content (AvgIpc) is 3.23. The number of hydrogen-bond donors (Lipinski definition) is 2. The van der Waals surface area contributed by atoms with Crippen molar-refractivity contribution < 1.29 is 9.59 Å². The van der Waals surface area contributed by atoms with Crippen molar-refractivity contribution in [3.05, 3.63) is 70.4 Å². The van der Waals surface area contributed by atoms with E-state index in [0.717, 1.165) is 24.1 Å². The van der Waals surface area contributed by atoms with E-state index < -0.39 is 5.54 Å². The number of unbranched alkanes of at least 4 members (excludes halogenated alkanes) is 1. The minimum atomic E-state index is -1.27. The van der Waals surface area contributed by atoms with Crippen molar-refractivity contribution in [2.24, 2.45) is 0 Å². The molecular formula is C23H22ClN5O2. The SMILES string of the molecule is CCCCN1C(=O)Nc2c(c(C)nn2-c2ccc(Cl)cc2)C12C(=O)Nc1ccccc12. The number of halogens is 1. The molecular weight excluding hydrogens is 414 g/mol. The van der Waals surface area contributed by atoms with Gasteiger partial charge in [0.2, 0.25) is 0 Å². The Kier molecular flexibility index (Phi) is 4.51. The largest absolute Gasteiger partial charge is 0.324 e. The van der Waals surface area contributed by atoms with Gasteiger partial charge in [-0.15, -0.1) is 0 Å². The van der Waals surface area contributed by atoms with Crippen LogP contribution in [0.3, 0.4) is 0 Å². The molecule has 31 heavy (non-hydrogen) atoms. The molecule has 1 spiro atoms. The van der Waals surface area contributed by atoms with Gasteiger partial charge in [0, 0.05) is 22.8 Å². The number of para-hydroxylation sites is 1. The van der Waals surface area contributed by atoms with Crippen molar-refractivity contribution in [1.29, 1.82) is 0 Å². The molecule has 5 rings (SSSR count). The molecule has 1 atom stereocenters. The van der Waals surface area contributed by atoms with Crippen LogP contribution in [0, 0.1) is 6.92 Å². The van der Waals surface area contributed by atoms with Gasteiger partial charge in [-0.1, -0.05) is 43.1 Å². The van der Waals surface area contributed by atoms with E-state index in [0.29, 0.717) is 34.3 Å². The molecule has 1 aromatic heterocycles. The molecule has 0 bridgehead atoms. The van der Waals surface area contributed by atoms with Crippen molar-refractivity contribution in [3.63, 3.8) is 0 Å². The van der Waals surface area contributed by atoms with Gasteiger partial charge in [-0.05, 0) is 43.7 Å². The van der Waals surface area contributed by atoms with Crippen molar-refractivity contribution in [2.75, 3.05) is 17.2 Å². The lowest BCUT2D eigenvalue weighted by molar-refractivity contribution is -0.124. The summed E-state index contributed by atoms with van der Waals surface area (Å²) in [5.41, 5.74) is 2.34. The summed E-state index contributed by atoms with van der Waals surface area (Å²) in [6.07, 6.45) is 1.68. The molecule has 3 aromatic rings. The summed E-state index contributed by atoms with van der Waals surface area (Å²) in [6.45, 7) is 4.39. The number of anilines is 2. The first-order chi connectivity index (χ1) is 15.0. The Hall–Kier alpha value is -3.32. The molecule has 2 aliphatic rings. The summed E-state index contributed by atoms with van der Waals surface area (Å²) in [6, 6.07) is 14.4. The first-order valence-corrected chi connectivity index (χ1v) is 10.7. The van der Waals surface area contributed by atoms with Crippen LogP contribution in [0.15, 0.2) is 48.5 Å². The number of nitrogens with one attached hydrogen (secondary N) is 2. The number of rotatable bonds is 4. The molecule has 1 unspecified atom stereocenters. The van der Waals surface area contributed by atoms with Crippen LogP contribution in [0.1, 0.15) is 36.6 Å². The highest BCUT2D eigenvalue weighted by Crippen LogP contribution is 2.51. The maximum absolute atomic E-state index is 13.6. The van der Waals surface area contributed by atoms with Crippen LogP contribution in [-0.2, 0) is 10.3 Å². The molecule has 2 aliphatic heterocycles. The van der Waals surface area contributed by atoms with Gasteiger partial charge in [0.1, 0.15) is 5.82 Å². The Morgan fingerprint density at radius 3 is 2.55 bits per heavy atom. The lowest BCUT2D eigenvalue weighted by atomic mass is 9.80. The number of amides is 3. The van der Waals surface area contributed by atoms with Gasteiger partial charge in [0.15, 0.2) is 5.54 Å². The predicted molar refractivity (Wildman–Crippen MR) is 120 cm³/mol. The molecule has 0 radical (unpaired) electrons. The Morgan fingerprint density at radius 1 is 1.06 bits per heavy atom. The van der Waals surface area contributed by atoms with Crippen LogP contribution < -0.4 is 10.6 Å². The van der Waals surface area contributed by atoms with Crippen LogP contribution >= 0.6 is 11.6 Å². The number of benzene rings is 2. The number of fused-ring (bicyclic) bond motifs is 4. The van der Waals surface area contributed by atoms with Gasteiger partial charge in [-0.2, -0.15) is 5.10 Å². The minimum Gasteiger partial charge on any atom is -0.323 e. The summed E-state index contributed by atoms with van der Waals surface area (Å²) in [5, 5.41) is 11.3. The van der Waals surface area contributed by atoms with E-state index in [4.69, 9.17) is 16.7 Å². The minimum absolute atomic E-state index is 0.236. The van der Waals surface area contributed by atoms with Crippen LogP contribution in [0.4, 0.5) is 16.3 Å². The van der Waals surface area contributed by atoms with E-state index in [1.165, 1.54) is 0 Å². The molecule has 0 saturated carbocycles. The normalized spacial score (nSPS) is 19.3. The molecule has 3 amide bonds. The zero-order valence-corrected chi connectivity index (χ0v) is 18.0. The number of carbonyl (C=O) groups excluding carboxylic acids is 2. The zero-order chi connectivity index (χ0) is 21.8. The van der Waals surface area contributed by atoms with Gasteiger partial charge in [-0.25, -0.2) is 9.48 Å². The topological polar surface area (TPSA) is 79.3 Å². The van der Waals surface area contributed by atoms with Crippen LogP contribution in [0.5, 0.6) is 0 Å². The van der Waals surface area contributed by atoms with Crippen molar-refractivity contribution in [3.8, 4) is 5.69 Å². The monoisotopic (exact) mass is 435 g/mol. The highest BCUT2D eigenvalue weighted by Gasteiger charge is 2.59. The Morgan fingerprint density at radius 2 is 1.81 bits per heavy atom. The molecule has 7 nitrogen and oxygen atoms in total. The summed E-state index contributed by atoms with van der Waals surface area (Å²) in [4.78, 5) is 28.7. The fourth-order valence-corrected chi connectivity index (χ4v) is 4.77.